The summed E-state index contributed by atoms with van der Waals surface area (Å²) in [7, 11) is 0. The van der Waals surface area contributed by atoms with E-state index in [4.69, 9.17) is 0 Å². The molecule has 2 heteroatoms. The molecule has 14 rings (SSSR count). The normalized spacial score (nSPS) is 14.2. The number of hydrogen-bond donors (Lipinski definition) is 0. The van der Waals surface area contributed by atoms with Gasteiger partial charge in [-0.3, -0.25) is 0 Å². The lowest BCUT2D eigenvalue weighted by Crippen LogP contribution is -2.28. The van der Waals surface area contributed by atoms with E-state index in [9.17, 15) is 0 Å². The molecule has 0 amide bonds. The van der Waals surface area contributed by atoms with Crippen molar-refractivity contribution >= 4 is 48.6 Å². The van der Waals surface area contributed by atoms with Gasteiger partial charge in [-0.1, -0.05) is 212 Å². The average Bonchev–Trinajstić information content (AvgIpc) is 4.08. The van der Waals surface area contributed by atoms with E-state index in [1.807, 2.05) is 11.3 Å². The van der Waals surface area contributed by atoms with Gasteiger partial charge in [0, 0.05) is 26.6 Å². The van der Waals surface area contributed by atoms with Gasteiger partial charge in [-0.15, -0.1) is 11.3 Å². The summed E-state index contributed by atoms with van der Waals surface area (Å²) in [5, 5.41) is 2.57. The van der Waals surface area contributed by atoms with Crippen LogP contribution in [0.25, 0.3) is 53.6 Å². The standard InChI is InChI=1S/C62H39NS/c1-3-20-40(21-4-1)61(41-22-5-2-6-23-41)50-32-14-9-27-46(50)58-52(61)34-18-36-54(58)63(56-38-17-29-45-44-26-11-16-39-57(44)64-60(45)56)55-37-19-35-53-59(55)47-28-10-15-33-51(47)62(53)48-30-12-7-24-42(48)43-25-8-13-31-49(43)62/h1-39H. The summed E-state index contributed by atoms with van der Waals surface area (Å²) in [6, 6.07) is 88.9. The zero-order valence-corrected chi connectivity index (χ0v) is 35.7. The number of rotatable bonds is 5. The molecule has 1 heterocycles. The highest BCUT2D eigenvalue weighted by Gasteiger charge is 2.53. The topological polar surface area (TPSA) is 3.24 Å². The number of nitrogens with zero attached hydrogens (tertiary/aromatic N) is 1. The Morgan fingerprint density at radius 2 is 0.672 bits per heavy atom. The fourth-order valence-corrected chi connectivity index (χ4v) is 13.5. The summed E-state index contributed by atoms with van der Waals surface area (Å²) < 4.78 is 2.57. The maximum Gasteiger partial charge on any atom is 0.0726 e. The summed E-state index contributed by atoms with van der Waals surface area (Å²) in [5.41, 5.74) is 20.7. The van der Waals surface area contributed by atoms with Crippen LogP contribution in [0.4, 0.5) is 17.1 Å². The van der Waals surface area contributed by atoms with Gasteiger partial charge in [-0.25, -0.2) is 0 Å². The van der Waals surface area contributed by atoms with Gasteiger partial charge in [-0.05, 0) is 91.0 Å². The molecule has 64 heavy (non-hydrogen) atoms. The minimum Gasteiger partial charge on any atom is -0.308 e. The Hall–Kier alpha value is -7.78. The third kappa shape index (κ3) is 4.48. The van der Waals surface area contributed by atoms with Gasteiger partial charge in [0.2, 0.25) is 0 Å². The van der Waals surface area contributed by atoms with E-state index < -0.39 is 10.8 Å². The first kappa shape index (κ1) is 35.8. The smallest absolute Gasteiger partial charge is 0.0726 e. The molecule has 0 unspecified atom stereocenters. The van der Waals surface area contributed by atoms with Crippen LogP contribution in [0.3, 0.4) is 0 Å². The summed E-state index contributed by atoms with van der Waals surface area (Å²) in [6.07, 6.45) is 0. The zero-order valence-electron chi connectivity index (χ0n) is 34.9. The van der Waals surface area contributed by atoms with Gasteiger partial charge in [0.15, 0.2) is 0 Å². The molecule has 1 spiro atoms. The van der Waals surface area contributed by atoms with Crippen molar-refractivity contribution in [1.29, 1.82) is 0 Å². The zero-order chi connectivity index (χ0) is 42.0. The number of hydrogen-bond acceptors (Lipinski definition) is 2. The van der Waals surface area contributed by atoms with Crippen LogP contribution in [-0.4, -0.2) is 0 Å². The molecule has 0 saturated heterocycles. The third-order valence-electron chi connectivity index (χ3n) is 14.6. The van der Waals surface area contributed by atoms with E-state index in [0.29, 0.717) is 0 Å². The number of benzene rings is 10. The van der Waals surface area contributed by atoms with Gasteiger partial charge < -0.3 is 4.90 Å². The second-order valence-electron chi connectivity index (χ2n) is 17.4. The Labute approximate surface area is 376 Å². The van der Waals surface area contributed by atoms with Crippen molar-refractivity contribution in [1.82, 2.24) is 0 Å². The molecule has 0 bridgehead atoms. The van der Waals surface area contributed by atoms with Crippen molar-refractivity contribution in [2.24, 2.45) is 0 Å². The van der Waals surface area contributed by atoms with E-state index in [-0.39, 0.29) is 0 Å². The molecular weight excluding hydrogens is 791 g/mol. The largest absolute Gasteiger partial charge is 0.308 e. The van der Waals surface area contributed by atoms with Crippen molar-refractivity contribution in [3.8, 4) is 33.4 Å². The lowest BCUT2D eigenvalue weighted by atomic mass is 9.68. The summed E-state index contributed by atoms with van der Waals surface area (Å²) >= 11 is 1.90. The molecule has 298 valence electrons. The second kappa shape index (κ2) is 13.4. The average molecular weight is 830 g/mol. The van der Waals surface area contributed by atoms with Crippen LogP contribution in [-0.2, 0) is 10.8 Å². The Kier molecular flexibility index (Phi) is 7.47. The van der Waals surface area contributed by atoms with Crippen LogP contribution in [0, 0.1) is 0 Å². The molecule has 11 aromatic rings. The molecule has 0 radical (unpaired) electrons. The first-order chi connectivity index (χ1) is 31.8. The maximum atomic E-state index is 2.64. The SMILES string of the molecule is c1ccc(C2(c3ccccc3)c3ccccc3-c3c(N(c4cccc5c4-c4ccccc4C54c5ccccc5-c5ccccc54)c4cccc5c4sc4ccccc45)cccc32)cc1. The Morgan fingerprint density at radius 3 is 1.25 bits per heavy atom. The van der Waals surface area contributed by atoms with E-state index in [2.05, 4.69) is 241 Å². The maximum absolute atomic E-state index is 2.64. The molecule has 1 nitrogen and oxygen atoms in total. The van der Waals surface area contributed by atoms with Gasteiger partial charge in [-0.2, -0.15) is 0 Å². The number of anilines is 3. The Balaban J connectivity index is 1.14. The molecule has 0 atom stereocenters. The third-order valence-corrected chi connectivity index (χ3v) is 15.8. The van der Waals surface area contributed by atoms with Gasteiger partial charge in [0.25, 0.3) is 0 Å². The van der Waals surface area contributed by atoms with Crippen LogP contribution < -0.4 is 4.90 Å². The summed E-state index contributed by atoms with van der Waals surface area (Å²) in [4.78, 5) is 2.64. The van der Waals surface area contributed by atoms with Crippen LogP contribution in [0.15, 0.2) is 237 Å². The second-order valence-corrected chi connectivity index (χ2v) is 18.5. The summed E-state index contributed by atoms with van der Waals surface area (Å²) in [5.74, 6) is 0. The van der Waals surface area contributed by atoms with Crippen LogP contribution in [0.1, 0.15) is 44.5 Å². The molecule has 0 aliphatic heterocycles. The minimum atomic E-state index is -0.535. The highest BCUT2D eigenvalue weighted by Crippen LogP contribution is 2.66. The van der Waals surface area contributed by atoms with Gasteiger partial charge in [0.05, 0.1) is 32.6 Å². The minimum absolute atomic E-state index is 0.467. The molecular formula is C62H39NS. The highest BCUT2D eigenvalue weighted by atomic mass is 32.1. The predicted octanol–water partition coefficient (Wildman–Crippen LogP) is 16.2. The molecule has 3 aliphatic rings. The van der Waals surface area contributed by atoms with Crippen LogP contribution >= 0.6 is 11.3 Å². The lowest BCUT2D eigenvalue weighted by Gasteiger charge is -2.35. The summed E-state index contributed by atoms with van der Waals surface area (Å²) in [6.45, 7) is 0. The number of fused-ring (bicyclic) bond motifs is 16. The highest BCUT2D eigenvalue weighted by molar-refractivity contribution is 7.26. The lowest BCUT2D eigenvalue weighted by molar-refractivity contribution is 0.768. The first-order valence-electron chi connectivity index (χ1n) is 22.3. The Bertz CT molecular complexity index is 3510. The molecule has 10 aromatic carbocycles. The molecule has 0 fully saturated rings. The fourth-order valence-electron chi connectivity index (χ4n) is 12.3. The van der Waals surface area contributed by atoms with Crippen molar-refractivity contribution in [3.63, 3.8) is 0 Å². The van der Waals surface area contributed by atoms with Crippen molar-refractivity contribution in [2.45, 2.75) is 10.8 Å². The molecule has 3 aliphatic carbocycles. The van der Waals surface area contributed by atoms with Crippen molar-refractivity contribution in [3.05, 3.63) is 281 Å². The number of thiophene rings is 1. The van der Waals surface area contributed by atoms with Crippen LogP contribution in [0.2, 0.25) is 0 Å². The van der Waals surface area contributed by atoms with E-state index in [1.165, 1.54) is 115 Å². The molecule has 0 saturated carbocycles. The molecule has 0 N–H and O–H groups in total. The Morgan fingerprint density at radius 1 is 0.281 bits per heavy atom. The van der Waals surface area contributed by atoms with Crippen molar-refractivity contribution < 1.29 is 0 Å². The van der Waals surface area contributed by atoms with E-state index in [0.717, 1.165) is 0 Å². The van der Waals surface area contributed by atoms with Crippen molar-refractivity contribution in [2.75, 3.05) is 4.90 Å². The van der Waals surface area contributed by atoms with Crippen LogP contribution in [0.5, 0.6) is 0 Å². The molecule has 1 aromatic heterocycles. The first-order valence-corrected chi connectivity index (χ1v) is 23.1. The quantitative estimate of drug-likeness (QED) is 0.167. The van der Waals surface area contributed by atoms with E-state index >= 15 is 0 Å². The fraction of sp³-hybridized carbons (Fsp3) is 0.0323. The monoisotopic (exact) mass is 829 g/mol. The predicted molar refractivity (Wildman–Crippen MR) is 268 cm³/mol. The van der Waals surface area contributed by atoms with Gasteiger partial charge >= 0.3 is 0 Å². The van der Waals surface area contributed by atoms with E-state index in [1.54, 1.807) is 0 Å². The van der Waals surface area contributed by atoms with Gasteiger partial charge in [0.1, 0.15) is 0 Å².